The molecule has 0 saturated carbocycles. The Morgan fingerprint density at radius 2 is 0.400 bits per heavy atom. The fourth-order valence-corrected chi connectivity index (χ4v) is 0. The van der Waals surface area contributed by atoms with E-state index < -0.39 is 0 Å². The summed E-state index contributed by atoms with van der Waals surface area (Å²) in [6.45, 7) is 0. The maximum atomic E-state index is 0. The molecule has 0 spiro atoms. The van der Waals surface area contributed by atoms with Crippen LogP contribution in [0, 0.1) is 0 Å². The summed E-state index contributed by atoms with van der Waals surface area (Å²) in [5, 5.41) is 0. The molecular formula is H4I4Sc. The van der Waals surface area contributed by atoms with Crippen LogP contribution in [0.15, 0.2) is 0 Å². The molecule has 0 aliphatic carbocycles. The van der Waals surface area contributed by atoms with Gasteiger partial charge in [0, 0.05) is 25.8 Å². The van der Waals surface area contributed by atoms with Gasteiger partial charge < -0.3 is 0 Å². The van der Waals surface area contributed by atoms with Crippen LogP contribution in [0.5, 0.6) is 0 Å². The molecule has 35 valence electrons. The van der Waals surface area contributed by atoms with E-state index in [4.69, 9.17) is 0 Å². The van der Waals surface area contributed by atoms with Crippen molar-refractivity contribution in [3.63, 3.8) is 0 Å². The summed E-state index contributed by atoms with van der Waals surface area (Å²) in [5.41, 5.74) is 0. The van der Waals surface area contributed by atoms with Gasteiger partial charge in [0.25, 0.3) is 0 Å². The first-order chi connectivity index (χ1) is 0. The largest absolute Gasteiger partial charge is 0.107 e. The average molecular weight is 557 g/mol. The molecule has 0 N–H and O–H groups in total. The summed E-state index contributed by atoms with van der Waals surface area (Å²) in [4.78, 5) is 0. The molecule has 0 aliphatic rings. The minimum atomic E-state index is 0. The number of hydrogen-bond acceptors (Lipinski definition) is 0. The molecule has 0 fully saturated rings. The van der Waals surface area contributed by atoms with Crippen LogP contribution < -0.4 is 0 Å². The Hall–Kier alpha value is 3.79. The van der Waals surface area contributed by atoms with E-state index in [1.165, 1.54) is 0 Å². The van der Waals surface area contributed by atoms with Gasteiger partial charge in [-0.25, -0.2) is 0 Å². The Morgan fingerprint density at radius 3 is 0.400 bits per heavy atom. The van der Waals surface area contributed by atoms with Crippen molar-refractivity contribution in [2.75, 3.05) is 0 Å². The Kier molecular flexibility index (Phi) is 186. The predicted octanol–water partition coefficient (Wildman–Crippen LogP) is 2.47. The van der Waals surface area contributed by atoms with E-state index in [1.807, 2.05) is 0 Å². The van der Waals surface area contributed by atoms with Crippen LogP contribution in [-0.4, -0.2) is 0 Å². The van der Waals surface area contributed by atoms with Gasteiger partial charge >= 0.3 is 0 Å². The second-order valence-corrected chi connectivity index (χ2v) is 0. The molecule has 0 atom stereocenters. The summed E-state index contributed by atoms with van der Waals surface area (Å²) >= 11 is 0. The van der Waals surface area contributed by atoms with Gasteiger partial charge in [0.15, 0.2) is 0 Å². The van der Waals surface area contributed by atoms with Crippen LogP contribution in [0.1, 0.15) is 0 Å². The molecule has 0 heterocycles. The first-order valence-corrected chi connectivity index (χ1v) is 0. The number of hydrogen-bond donors (Lipinski definition) is 0. The molecule has 0 bridgehead atoms. The van der Waals surface area contributed by atoms with E-state index in [2.05, 4.69) is 0 Å². The molecule has 0 rings (SSSR count). The van der Waals surface area contributed by atoms with Crippen molar-refractivity contribution >= 4 is 95.9 Å². The monoisotopic (exact) mass is 557 g/mol. The van der Waals surface area contributed by atoms with E-state index in [1.54, 1.807) is 0 Å². The molecule has 5 heavy (non-hydrogen) atoms. The van der Waals surface area contributed by atoms with Crippen LogP contribution in [0.4, 0.5) is 0 Å². The first kappa shape index (κ1) is 37.1. The van der Waals surface area contributed by atoms with Gasteiger partial charge in [-0.05, 0) is 0 Å². The van der Waals surface area contributed by atoms with Crippen molar-refractivity contribution in [2.45, 2.75) is 0 Å². The van der Waals surface area contributed by atoms with Crippen molar-refractivity contribution in [1.82, 2.24) is 0 Å². The van der Waals surface area contributed by atoms with Gasteiger partial charge in [-0.2, -0.15) is 0 Å². The van der Waals surface area contributed by atoms with Gasteiger partial charge in [0.2, 0.25) is 0 Å². The third-order valence-electron chi connectivity index (χ3n) is 0. The van der Waals surface area contributed by atoms with Crippen molar-refractivity contribution < 1.29 is 25.8 Å². The van der Waals surface area contributed by atoms with Crippen molar-refractivity contribution in [2.24, 2.45) is 0 Å². The fourth-order valence-electron chi connectivity index (χ4n) is 0. The smallest absolute Gasteiger partial charge is 0 e. The predicted molar refractivity (Wildman–Crippen MR) is 61.7 cm³/mol. The standard InChI is InChI=1S/4HI.Sc/h4*1H;. The van der Waals surface area contributed by atoms with Crippen LogP contribution in [0.3, 0.4) is 0 Å². The molecule has 0 unspecified atom stereocenters. The fraction of sp³-hybridized carbons (Fsp3) is 0. The second-order valence-electron chi connectivity index (χ2n) is 0. The molecule has 1 radical (unpaired) electrons. The molecule has 5 heteroatoms. The van der Waals surface area contributed by atoms with Gasteiger partial charge in [-0.3, -0.25) is 0 Å². The summed E-state index contributed by atoms with van der Waals surface area (Å²) < 4.78 is 0. The third kappa shape index (κ3) is 18.2. The molecule has 0 aliphatic heterocycles. The zero-order chi connectivity index (χ0) is 0. The van der Waals surface area contributed by atoms with Gasteiger partial charge in [0.1, 0.15) is 0 Å². The Labute approximate surface area is 119 Å². The maximum Gasteiger partial charge on any atom is 0 e. The maximum absolute atomic E-state index is 0. The van der Waals surface area contributed by atoms with Gasteiger partial charge in [-0.15, -0.1) is 95.9 Å². The summed E-state index contributed by atoms with van der Waals surface area (Å²) in [6, 6.07) is 0. The van der Waals surface area contributed by atoms with Crippen LogP contribution >= 0.6 is 95.9 Å². The normalized spacial score (nSPS) is 0. The van der Waals surface area contributed by atoms with Gasteiger partial charge in [0.05, 0.1) is 0 Å². The number of halogens is 4. The second kappa shape index (κ2) is 25.0. The molecular weight excluding hydrogens is 553 g/mol. The average Bonchev–Trinajstić information content (AvgIpc) is 0. The van der Waals surface area contributed by atoms with E-state index in [0.717, 1.165) is 0 Å². The van der Waals surface area contributed by atoms with E-state index in [0.29, 0.717) is 0 Å². The van der Waals surface area contributed by atoms with E-state index in [9.17, 15) is 0 Å². The zero-order valence-electron chi connectivity index (χ0n) is 2.21. The van der Waals surface area contributed by atoms with Crippen molar-refractivity contribution in [3.05, 3.63) is 0 Å². The SMILES string of the molecule is I.I.I.I.[Sc]. The van der Waals surface area contributed by atoms with Crippen LogP contribution in [-0.2, 0) is 25.8 Å². The third-order valence-corrected chi connectivity index (χ3v) is 0. The van der Waals surface area contributed by atoms with E-state index in [-0.39, 0.29) is 122 Å². The minimum absolute atomic E-state index is 0. The summed E-state index contributed by atoms with van der Waals surface area (Å²) in [6.07, 6.45) is 0. The number of rotatable bonds is 0. The first-order valence-electron chi connectivity index (χ1n) is 0. The topological polar surface area (TPSA) is 0 Å². The zero-order valence-corrected chi connectivity index (χ0v) is 13.3. The van der Waals surface area contributed by atoms with E-state index >= 15 is 0 Å². The Balaban J connectivity index is 0. The Bertz CT molecular complexity index is 3.61. The summed E-state index contributed by atoms with van der Waals surface area (Å²) in [7, 11) is 0. The quantitative estimate of drug-likeness (QED) is 0.403. The van der Waals surface area contributed by atoms with Crippen LogP contribution in [0.2, 0.25) is 0 Å². The molecule has 0 aromatic heterocycles. The van der Waals surface area contributed by atoms with Gasteiger partial charge in [-0.1, -0.05) is 0 Å². The molecule has 0 nitrogen and oxygen atoms in total. The summed E-state index contributed by atoms with van der Waals surface area (Å²) in [5.74, 6) is 0. The molecule has 0 saturated heterocycles. The minimum Gasteiger partial charge on any atom is -0.107 e. The molecule has 0 amide bonds. The van der Waals surface area contributed by atoms with Crippen LogP contribution in [0.25, 0.3) is 0 Å². The molecule has 0 aromatic rings. The Morgan fingerprint density at radius 1 is 0.400 bits per heavy atom. The molecule has 0 aromatic carbocycles. The van der Waals surface area contributed by atoms with Crippen molar-refractivity contribution in [3.8, 4) is 0 Å². The van der Waals surface area contributed by atoms with Crippen molar-refractivity contribution in [1.29, 1.82) is 0 Å².